The van der Waals surface area contributed by atoms with E-state index < -0.39 is 12.0 Å². The third-order valence-corrected chi connectivity index (χ3v) is 2.42. The molecule has 6 heteroatoms. The zero-order valence-corrected chi connectivity index (χ0v) is 8.67. The van der Waals surface area contributed by atoms with Gasteiger partial charge in [0.2, 0.25) is 0 Å². The van der Waals surface area contributed by atoms with E-state index in [4.69, 9.17) is 9.94 Å². The van der Waals surface area contributed by atoms with Crippen LogP contribution < -0.4 is 5.06 Å². The second kappa shape index (κ2) is 4.89. The molecule has 1 aromatic heterocycles. The highest BCUT2D eigenvalue weighted by Crippen LogP contribution is 2.20. The summed E-state index contributed by atoms with van der Waals surface area (Å²) in [5.74, 6) is -0.468. The molecule has 0 aromatic carbocycles. The smallest absolute Gasteiger partial charge is 0.329 e. The number of aromatic nitrogens is 2. The van der Waals surface area contributed by atoms with Gasteiger partial charge in [0.15, 0.2) is 18.2 Å². The number of carboxylic acid groups (broad SMARTS) is 1. The van der Waals surface area contributed by atoms with Gasteiger partial charge < -0.3 is 5.11 Å². The average molecular weight is 222 g/mol. The number of rotatable bonds is 2. The molecule has 0 aliphatic carbocycles. The summed E-state index contributed by atoms with van der Waals surface area (Å²) in [6.45, 7) is 0.508. The van der Waals surface area contributed by atoms with Crippen molar-refractivity contribution in [2.75, 3.05) is 11.7 Å². The van der Waals surface area contributed by atoms with E-state index in [2.05, 4.69) is 16.3 Å². The monoisotopic (exact) mass is 222 g/mol. The molecule has 6 nitrogen and oxygen atoms in total. The summed E-state index contributed by atoms with van der Waals surface area (Å²) >= 11 is 0. The Morgan fingerprint density at radius 1 is 1.62 bits per heavy atom. The molecule has 1 aliphatic rings. The van der Waals surface area contributed by atoms with Crippen LogP contribution in [0.15, 0.2) is 12.3 Å². The topological polar surface area (TPSA) is 75.6 Å². The Bertz CT molecular complexity index is 358. The number of aliphatic carboxylic acids is 1. The van der Waals surface area contributed by atoms with Crippen molar-refractivity contribution in [1.29, 1.82) is 0 Å². The van der Waals surface area contributed by atoms with Crippen molar-refractivity contribution in [3.8, 4) is 0 Å². The molecule has 0 bridgehead atoms. The van der Waals surface area contributed by atoms with Gasteiger partial charge in [0.25, 0.3) is 0 Å². The van der Waals surface area contributed by atoms with Crippen LogP contribution in [0.1, 0.15) is 19.3 Å². The first-order valence-corrected chi connectivity index (χ1v) is 5.13. The van der Waals surface area contributed by atoms with Crippen LogP contribution in [0.2, 0.25) is 0 Å². The maximum Gasteiger partial charge on any atom is 0.329 e. The lowest BCUT2D eigenvalue weighted by Gasteiger charge is -2.25. The van der Waals surface area contributed by atoms with Crippen LogP contribution in [-0.4, -0.2) is 33.7 Å². The van der Waals surface area contributed by atoms with Crippen molar-refractivity contribution >= 4 is 11.8 Å². The summed E-state index contributed by atoms with van der Waals surface area (Å²) < 4.78 is 0. The highest BCUT2D eigenvalue weighted by atomic mass is 16.7. The molecule has 1 atom stereocenters. The van der Waals surface area contributed by atoms with Crippen molar-refractivity contribution in [2.45, 2.75) is 25.3 Å². The van der Waals surface area contributed by atoms with Crippen molar-refractivity contribution in [1.82, 2.24) is 9.97 Å². The van der Waals surface area contributed by atoms with E-state index in [0.29, 0.717) is 18.8 Å². The molecule has 0 amide bonds. The minimum atomic E-state index is -0.902. The predicted molar refractivity (Wildman–Crippen MR) is 54.6 cm³/mol. The highest BCUT2D eigenvalue weighted by Gasteiger charge is 2.29. The van der Waals surface area contributed by atoms with Crippen LogP contribution in [-0.2, 0) is 9.63 Å². The van der Waals surface area contributed by atoms with E-state index in [1.165, 1.54) is 11.3 Å². The molecule has 2 heterocycles. The molecule has 1 aliphatic heterocycles. The molecule has 1 N–H and O–H groups in total. The van der Waals surface area contributed by atoms with Gasteiger partial charge in [-0.1, -0.05) is 0 Å². The summed E-state index contributed by atoms with van der Waals surface area (Å²) in [5.41, 5.74) is 0. The van der Waals surface area contributed by atoms with Crippen LogP contribution in [0.3, 0.4) is 0 Å². The number of hydrogen-bond acceptors (Lipinski definition) is 5. The van der Waals surface area contributed by atoms with Gasteiger partial charge in [-0.25, -0.2) is 19.8 Å². The quantitative estimate of drug-likeness (QED) is 0.791. The van der Waals surface area contributed by atoms with Gasteiger partial charge in [0.05, 0.1) is 6.61 Å². The Balaban J connectivity index is 2.24. The van der Waals surface area contributed by atoms with Crippen LogP contribution in [0, 0.1) is 6.33 Å². The lowest BCUT2D eigenvalue weighted by atomic mass is 10.1. The first-order valence-electron chi connectivity index (χ1n) is 5.13. The van der Waals surface area contributed by atoms with Gasteiger partial charge >= 0.3 is 5.97 Å². The lowest BCUT2D eigenvalue weighted by Crippen LogP contribution is -2.40. The second-order valence-corrected chi connectivity index (χ2v) is 3.52. The molecule has 1 radical (unpaired) electrons. The largest absolute Gasteiger partial charge is 0.480 e. The minimum Gasteiger partial charge on any atom is -0.480 e. The Labute approximate surface area is 92.8 Å². The molecular weight excluding hydrogens is 210 g/mol. The summed E-state index contributed by atoms with van der Waals surface area (Å²) in [4.78, 5) is 24.1. The predicted octanol–water partition coefficient (Wildman–Crippen LogP) is 0.652. The number of carbonyl (C=O) groups is 1. The molecule has 1 saturated heterocycles. The normalized spacial score (nSPS) is 21.5. The van der Waals surface area contributed by atoms with E-state index in [1.807, 2.05) is 0 Å². The zero-order chi connectivity index (χ0) is 11.4. The minimum absolute atomic E-state index is 0.435. The third-order valence-electron chi connectivity index (χ3n) is 2.42. The van der Waals surface area contributed by atoms with Crippen molar-refractivity contribution in [3.05, 3.63) is 18.6 Å². The molecule has 0 spiro atoms. The molecule has 1 aromatic rings. The Hall–Kier alpha value is -1.69. The van der Waals surface area contributed by atoms with Crippen LogP contribution >= 0.6 is 0 Å². The fourth-order valence-electron chi connectivity index (χ4n) is 1.64. The van der Waals surface area contributed by atoms with Crippen molar-refractivity contribution < 1.29 is 14.7 Å². The van der Waals surface area contributed by atoms with E-state index >= 15 is 0 Å². The van der Waals surface area contributed by atoms with Gasteiger partial charge in [-0.05, 0) is 19.3 Å². The fourth-order valence-corrected chi connectivity index (χ4v) is 1.64. The Morgan fingerprint density at radius 2 is 2.50 bits per heavy atom. The van der Waals surface area contributed by atoms with Crippen molar-refractivity contribution in [2.24, 2.45) is 0 Å². The zero-order valence-electron chi connectivity index (χ0n) is 8.67. The van der Waals surface area contributed by atoms with Gasteiger partial charge in [0, 0.05) is 12.3 Å². The van der Waals surface area contributed by atoms with Gasteiger partial charge in [-0.3, -0.25) is 4.84 Å². The number of carboxylic acids is 1. The molecule has 0 saturated carbocycles. The van der Waals surface area contributed by atoms with Crippen LogP contribution in [0.5, 0.6) is 0 Å². The number of hydrogen-bond donors (Lipinski definition) is 1. The van der Waals surface area contributed by atoms with Gasteiger partial charge in [0.1, 0.15) is 0 Å². The molecular formula is C10H12N3O3. The Morgan fingerprint density at radius 3 is 3.19 bits per heavy atom. The number of anilines is 1. The number of hydroxylamine groups is 1. The van der Waals surface area contributed by atoms with Gasteiger partial charge in [-0.15, -0.1) is 0 Å². The Kier molecular flexibility index (Phi) is 3.31. The molecule has 1 fully saturated rings. The summed E-state index contributed by atoms with van der Waals surface area (Å²) in [5, 5.41) is 10.5. The molecule has 85 valence electrons. The molecule has 2 rings (SSSR count). The third kappa shape index (κ3) is 2.27. The van der Waals surface area contributed by atoms with E-state index in [0.717, 1.165) is 12.8 Å². The standard InChI is InChI=1S/C10H12N3O3/c14-10(15)8-3-1-2-6-16-13(8)9-4-5-11-7-12-9/h4-5,8H,1-3,6H2,(H,14,15). The van der Waals surface area contributed by atoms with Crippen LogP contribution in [0.25, 0.3) is 0 Å². The number of nitrogens with zero attached hydrogens (tertiary/aromatic N) is 3. The summed E-state index contributed by atoms with van der Waals surface area (Å²) in [7, 11) is 0. The van der Waals surface area contributed by atoms with Gasteiger partial charge in [-0.2, -0.15) is 0 Å². The summed E-state index contributed by atoms with van der Waals surface area (Å²) in [6.07, 6.45) is 6.18. The van der Waals surface area contributed by atoms with Crippen LogP contribution in [0.4, 0.5) is 5.82 Å². The maximum atomic E-state index is 11.1. The highest BCUT2D eigenvalue weighted by molar-refractivity contribution is 5.77. The first-order chi connectivity index (χ1) is 7.79. The lowest BCUT2D eigenvalue weighted by molar-refractivity contribution is -0.140. The average Bonchev–Trinajstić information content (AvgIpc) is 2.55. The maximum absolute atomic E-state index is 11.1. The second-order valence-electron chi connectivity index (χ2n) is 3.52. The molecule has 16 heavy (non-hydrogen) atoms. The van der Waals surface area contributed by atoms with Crippen molar-refractivity contribution in [3.63, 3.8) is 0 Å². The fraction of sp³-hybridized carbons (Fsp3) is 0.500. The summed E-state index contributed by atoms with van der Waals surface area (Å²) in [6, 6.07) is 0.920. The van der Waals surface area contributed by atoms with E-state index in [-0.39, 0.29) is 0 Å². The SMILES string of the molecule is O=C(O)C1CCCCON1c1ccn[c]n1. The van der Waals surface area contributed by atoms with E-state index in [1.54, 1.807) is 6.07 Å². The van der Waals surface area contributed by atoms with E-state index in [9.17, 15) is 4.79 Å². The first kappa shape index (κ1) is 10.8. The molecule has 1 unspecified atom stereocenters.